The zero-order valence-corrected chi connectivity index (χ0v) is 14.0. The number of carbonyl (C=O) groups excluding carboxylic acids is 1. The zero-order chi connectivity index (χ0) is 17.2. The summed E-state index contributed by atoms with van der Waals surface area (Å²) in [4.78, 5) is 14.0. The predicted molar refractivity (Wildman–Crippen MR) is 85.3 cm³/mol. The molecule has 1 aromatic heterocycles. The van der Waals surface area contributed by atoms with E-state index in [1.165, 1.54) is 4.90 Å². The quantitative estimate of drug-likeness (QED) is 0.810. The minimum Gasteiger partial charge on any atom is -0.465 e. The van der Waals surface area contributed by atoms with Crippen LogP contribution >= 0.6 is 0 Å². The number of aromatic nitrogens is 1. The summed E-state index contributed by atoms with van der Waals surface area (Å²) in [6.45, 7) is 2.11. The van der Waals surface area contributed by atoms with Gasteiger partial charge in [-0.25, -0.2) is 8.42 Å². The number of hydrogen-bond acceptors (Lipinski definition) is 6. The Balaban J connectivity index is 1.59. The van der Waals surface area contributed by atoms with Crippen molar-refractivity contribution >= 4 is 15.7 Å². The number of carbonyl (C=O) groups is 1. The molecule has 0 spiro atoms. The van der Waals surface area contributed by atoms with Crippen LogP contribution in [-0.2, 0) is 14.6 Å². The molecule has 2 heterocycles. The number of nitrogens with zero attached hydrogens (tertiary/aromatic N) is 2. The first-order valence-corrected chi connectivity index (χ1v) is 9.14. The van der Waals surface area contributed by atoms with Crippen LogP contribution in [-0.4, -0.2) is 49.3 Å². The first-order valence-electron chi connectivity index (χ1n) is 7.59. The molecule has 24 heavy (non-hydrogen) atoms. The first-order chi connectivity index (χ1) is 11.5. The van der Waals surface area contributed by atoms with E-state index in [0.717, 1.165) is 0 Å². The lowest BCUT2D eigenvalue weighted by atomic mass is 10.4. The van der Waals surface area contributed by atoms with Crippen molar-refractivity contribution in [2.24, 2.45) is 0 Å². The Labute approximate surface area is 140 Å². The molecule has 1 unspecified atom stereocenters. The summed E-state index contributed by atoms with van der Waals surface area (Å²) in [5, 5.41) is 3.06. The molecule has 1 aliphatic rings. The van der Waals surface area contributed by atoms with E-state index < -0.39 is 15.1 Å². The molecule has 7 nitrogen and oxygen atoms in total. The van der Waals surface area contributed by atoms with E-state index in [4.69, 9.17) is 9.26 Å². The second-order valence-electron chi connectivity index (χ2n) is 5.67. The average molecular weight is 350 g/mol. The summed E-state index contributed by atoms with van der Waals surface area (Å²) in [6, 6.07) is 9.90. The maximum absolute atomic E-state index is 12.6. The molecular formula is C16H18N2O5S. The van der Waals surface area contributed by atoms with Gasteiger partial charge in [-0.05, 0) is 30.6 Å². The lowest BCUT2D eigenvalue weighted by molar-refractivity contribution is -0.132. The maximum Gasteiger partial charge on any atom is 0.260 e. The van der Waals surface area contributed by atoms with Crippen LogP contribution in [0.4, 0.5) is 0 Å². The molecule has 0 bridgehead atoms. The molecule has 3 rings (SSSR count). The maximum atomic E-state index is 12.6. The molecular weight excluding hydrogens is 332 g/mol. The van der Waals surface area contributed by atoms with Gasteiger partial charge in [-0.3, -0.25) is 4.79 Å². The van der Waals surface area contributed by atoms with Crippen molar-refractivity contribution < 1.29 is 22.5 Å². The number of rotatable bonds is 5. The highest BCUT2D eigenvalue weighted by Gasteiger charge is 2.36. The molecule has 0 aliphatic carbocycles. The molecule has 128 valence electrons. The second-order valence-corrected chi connectivity index (χ2v) is 7.90. The molecule has 1 fully saturated rings. The average Bonchev–Trinajstić information content (AvgIpc) is 3.23. The normalized spacial score (nSPS) is 17.9. The fraction of sp³-hybridized carbons (Fsp3) is 0.375. The van der Waals surface area contributed by atoms with E-state index >= 15 is 0 Å². The number of aryl methyl sites for hydroxylation is 1. The summed E-state index contributed by atoms with van der Waals surface area (Å²) in [5.74, 6) is 0.572. The monoisotopic (exact) mass is 350 g/mol. The molecule has 1 aromatic carbocycles. The molecule has 0 saturated carbocycles. The fourth-order valence-corrected chi connectivity index (χ4v) is 4.36. The summed E-state index contributed by atoms with van der Waals surface area (Å²) in [5.41, 5.74) is 0. The summed E-state index contributed by atoms with van der Waals surface area (Å²) in [7, 11) is -3.43. The van der Waals surface area contributed by atoms with Gasteiger partial charge < -0.3 is 14.2 Å². The van der Waals surface area contributed by atoms with E-state index in [2.05, 4.69) is 5.16 Å². The Bertz CT molecular complexity index is 816. The van der Waals surface area contributed by atoms with Crippen molar-refractivity contribution in [3.8, 4) is 5.88 Å². The van der Waals surface area contributed by atoms with Gasteiger partial charge in [0, 0.05) is 19.2 Å². The zero-order valence-electron chi connectivity index (χ0n) is 13.2. The number of likely N-dealkylation sites (tertiary alicyclic amines) is 1. The van der Waals surface area contributed by atoms with E-state index in [9.17, 15) is 13.2 Å². The summed E-state index contributed by atoms with van der Waals surface area (Å²) >= 11 is 0. The lowest BCUT2D eigenvalue weighted by Crippen LogP contribution is -2.35. The van der Waals surface area contributed by atoms with Gasteiger partial charge >= 0.3 is 0 Å². The third-order valence-electron chi connectivity index (χ3n) is 3.96. The molecule has 0 radical (unpaired) electrons. The van der Waals surface area contributed by atoms with Crippen LogP contribution in [0.5, 0.6) is 5.88 Å². The molecule has 8 heteroatoms. The van der Waals surface area contributed by atoms with Crippen LogP contribution in [0.1, 0.15) is 12.2 Å². The van der Waals surface area contributed by atoms with E-state index in [1.54, 1.807) is 43.3 Å². The number of ether oxygens (including phenoxy) is 1. The Hall–Kier alpha value is -2.35. The highest BCUT2D eigenvalue weighted by Crippen LogP contribution is 2.24. The van der Waals surface area contributed by atoms with Gasteiger partial charge in [0.1, 0.15) is 5.76 Å². The lowest BCUT2D eigenvalue weighted by Gasteiger charge is -2.16. The minimum absolute atomic E-state index is 0.178. The number of benzene rings is 1. The number of hydrogen-bond donors (Lipinski definition) is 0. The Morgan fingerprint density at radius 1 is 1.38 bits per heavy atom. The Morgan fingerprint density at radius 2 is 2.12 bits per heavy atom. The highest BCUT2D eigenvalue weighted by atomic mass is 32.2. The summed E-state index contributed by atoms with van der Waals surface area (Å²) in [6.07, 6.45) is 0.423. The van der Waals surface area contributed by atoms with Crippen LogP contribution in [0.2, 0.25) is 0 Å². The SMILES string of the molecule is Cc1cc(OCC(=O)N2CCC(S(=O)(=O)c3ccccc3)C2)no1. The van der Waals surface area contributed by atoms with E-state index in [-0.39, 0.29) is 24.9 Å². The molecule has 1 saturated heterocycles. The van der Waals surface area contributed by atoms with Gasteiger partial charge in [0.05, 0.1) is 10.1 Å². The van der Waals surface area contributed by atoms with Gasteiger partial charge in [-0.2, -0.15) is 0 Å². The summed E-state index contributed by atoms with van der Waals surface area (Å²) < 4.78 is 35.3. The van der Waals surface area contributed by atoms with Crippen molar-refractivity contribution in [2.45, 2.75) is 23.5 Å². The van der Waals surface area contributed by atoms with Crippen molar-refractivity contribution in [3.05, 3.63) is 42.2 Å². The van der Waals surface area contributed by atoms with Crippen LogP contribution in [0.25, 0.3) is 0 Å². The third kappa shape index (κ3) is 3.43. The largest absolute Gasteiger partial charge is 0.465 e. The van der Waals surface area contributed by atoms with Crippen LogP contribution < -0.4 is 4.74 Å². The third-order valence-corrected chi connectivity index (χ3v) is 6.15. The fourth-order valence-electron chi connectivity index (χ4n) is 2.65. The van der Waals surface area contributed by atoms with Gasteiger partial charge in [0.25, 0.3) is 11.8 Å². The molecule has 0 N–H and O–H groups in total. The minimum atomic E-state index is -3.43. The van der Waals surface area contributed by atoms with E-state index in [0.29, 0.717) is 23.6 Å². The molecule has 1 amide bonds. The first kappa shape index (κ1) is 16.5. The Morgan fingerprint density at radius 3 is 2.79 bits per heavy atom. The predicted octanol–water partition coefficient (Wildman–Crippen LogP) is 1.44. The van der Waals surface area contributed by atoms with Crippen molar-refractivity contribution in [2.75, 3.05) is 19.7 Å². The Kier molecular flexibility index (Phi) is 4.57. The second kappa shape index (κ2) is 6.64. The van der Waals surface area contributed by atoms with Crippen molar-refractivity contribution in [3.63, 3.8) is 0 Å². The number of amides is 1. The van der Waals surface area contributed by atoms with Crippen LogP contribution in [0.3, 0.4) is 0 Å². The van der Waals surface area contributed by atoms with Crippen molar-refractivity contribution in [1.29, 1.82) is 0 Å². The standard InChI is InChI=1S/C16H18N2O5S/c1-12-9-15(17-23-12)22-11-16(19)18-8-7-14(10-18)24(20,21)13-5-3-2-4-6-13/h2-6,9,14H,7-8,10-11H2,1H3. The topological polar surface area (TPSA) is 89.7 Å². The van der Waals surface area contributed by atoms with E-state index in [1.807, 2.05) is 0 Å². The van der Waals surface area contributed by atoms with Crippen LogP contribution in [0, 0.1) is 6.92 Å². The van der Waals surface area contributed by atoms with Gasteiger partial charge in [-0.15, -0.1) is 0 Å². The highest BCUT2D eigenvalue weighted by molar-refractivity contribution is 7.92. The van der Waals surface area contributed by atoms with Gasteiger partial charge in [0.15, 0.2) is 16.4 Å². The smallest absolute Gasteiger partial charge is 0.260 e. The molecule has 1 atom stereocenters. The molecule has 2 aromatic rings. The molecule has 1 aliphatic heterocycles. The van der Waals surface area contributed by atoms with Gasteiger partial charge in [-0.1, -0.05) is 18.2 Å². The van der Waals surface area contributed by atoms with Gasteiger partial charge in [0.2, 0.25) is 0 Å². The number of sulfone groups is 1. The van der Waals surface area contributed by atoms with Crippen molar-refractivity contribution in [1.82, 2.24) is 10.1 Å². The van der Waals surface area contributed by atoms with Crippen LogP contribution in [0.15, 0.2) is 45.8 Å².